The number of nitrogens with zero attached hydrogens (tertiary/aromatic N) is 2. The lowest BCUT2D eigenvalue weighted by Gasteiger charge is -2.10. The summed E-state index contributed by atoms with van der Waals surface area (Å²) in [6.07, 6.45) is 1.70. The van der Waals surface area contributed by atoms with Crippen molar-refractivity contribution in [3.8, 4) is 33.5 Å². The minimum absolute atomic E-state index is 0.00794. The number of aromatic nitrogens is 2. The molecule has 0 spiro atoms. The molecule has 0 aliphatic heterocycles. The van der Waals surface area contributed by atoms with Gasteiger partial charge >= 0.3 is 6.61 Å². The summed E-state index contributed by atoms with van der Waals surface area (Å²) in [7, 11) is 1.40. The Morgan fingerprint density at radius 3 is 2.65 bits per heavy atom. The zero-order valence-electron chi connectivity index (χ0n) is 12.1. The van der Waals surface area contributed by atoms with E-state index in [1.165, 1.54) is 24.5 Å². The Balaban J connectivity index is 1.92. The monoisotopic (exact) mass is 334 g/mol. The molecular formula is C16H12F2N2O2S. The molecule has 0 radical (unpaired) electrons. The number of rotatable bonds is 5. The molecule has 1 aromatic carbocycles. The van der Waals surface area contributed by atoms with Crippen molar-refractivity contribution >= 4 is 11.3 Å². The Morgan fingerprint density at radius 2 is 1.96 bits per heavy atom. The van der Waals surface area contributed by atoms with E-state index < -0.39 is 6.61 Å². The van der Waals surface area contributed by atoms with E-state index in [0.29, 0.717) is 0 Å². The van der Waals surface area contributed by atoms with Crippen LogP contribution in [0.1, 0.15) is 0 Å². The third-order valence-electron chi connectivity index (χ3n) is 3.06. The molecule has 2 heterocycles. The van der Waals surface area contributed by atoms with Gasteiger partial charge in [0, 0.05) is 17.1 Å². The SMILES string of the molecule is COc1cc(-c2csc(-c3ccccn3)n2)ccc1OC(F)F. The van der Waals surface area contributed by atoms with Crippen molar-refractivity contribution in [2.75, 3.05) is 7.11 Å². The van der Waals surface area contributed by atoms with Crippen LogP contribution < -0.4 is 9.47 Å². The van der Waals surface area contributed by atoms with E-state index in [4.69, 9.17) is 4.74 Å². The summed E-state index contributed by atoms with van der Waals surface area (Å²) < 4.78 is 34.2. The summed E-state index contributed by atoms with van der Waals surface area (Å²) in [5, 5.41) is 2.67. The van der Waals surface area contributed by atoms with Crippen LogP contribution in [0.4, 0.5) is 8.78 Å². The summed E-state index contributed by atoms with van der Waals surface area (Å²) in [6, 6.07) is 10.3. The van der Waals surface area contributed by atoms with Crippen LogP contribution >= 0.6 is 11.3 Å². The molecule has 7 heteroatoms. The highest BCUT2D eigenvalue weighted by Crippen LogP contribution is 2.35. The lowest BCUT2D eigenvalue weighted by molar-refractivity contribution is -0.0512. The molecule has 2 aromatic heterocycles. The molecular weight excluding hydrogens is 322 g/mol. The van der Waals surface area contributed by atoms with Gasteiger partial charge in [-0.15, -0.1) is 11.3 Å². The van der Waals surface area contributed by atoms with E-state index in [-0.39, 0.29) is 11.5 Å². The topological polar surface area (TPSA) is 44.2 Å². The van der Waals surface area contributed by atoms with Gasteiger partial charge in [-0.25, -0.2) is 4.98 Å². The molecule has 0 N–H and O–H groups in total. The minimum atomic E-state index is -2.90. The smallest absolute Gasteiger partial charge is 0.387 e. The average Bonchev–Trinajstić information content (AvgIpc) is 3.05. The van der Waals surface area contributed by atoms with Crippen LogP contribution in [0.5, 0.6) is 11.5 Å². The maximum atomic E-state index is 12.4. The molecule has 0 fully saturated rings. The number of methoxy groups -OCH3 is 1. The van der Waals surface area contributed by atoms with Gasteiger partial charge in [0.2, 0.25) is 0 Å². The Labute approximate surface area is 135 Å². The third-order valence-corrected chi connectivity index (χ3v) is 3.93. The van der Waals surface area contributed by atoms with Gasteiger partial charge in [0.25, 0.3) is 0 Å². The van der Waals surface area contributed by atoms with E-state index >= 15 is 0 Å². The fourth-order valence-corrected chi connectivity index (χ4v) is 2.84. The molecule has 4 nitrogen and oxygen atoms in total. The first-order valence-corrected chi connectivity index (χ1v) is 7.55. The van der Waals surface area contributed by atoms with Crippen LogP contribution in [-0.4, -0.2) is 23.7 Å². The predicted octanol–water partition coefficient (Wildman–Crippen LogP) is 4.48. The van der Waals surface area contributed by atoms with Crippen molar-refractivity contribution in [2.24, 2.45) is 0 Å². The zero-order valence-corrected chi connectivity index (χ0v) is 12.9. The number of pyridine rings is 1. The highest BCUT2D eigenvalue weighted by Gasteiger charge is 2.13. The maximum absolute atomic E-state index is 12.4. The summed E-state index contributed by atoms with van der Waals surface area (Å²) >= 11 is 1.46. The summed E-state index contributed by atoms with van der Waals surface area (Å²) in [4.78, 5) is 8.78. The van der Waals surface area contributed by atoms with Crippen LogP contribution in [0.25, 0.3) is 22.0 Å². The first-order chi connectivity index (χ1) is 11.2. The molecule has 0 atom stereocenters. The average molecular weight is 334 g/mol. The van der Waals surface area contributed by atoms with Gasteiger partial charge in [-0.2, -0.15) is 8.78 Å². The lowest BCUT2D eigenvalue weighted by atomic mass is 10.1. The number of hydrogen-bond acceptors (Lipinski definition) is 5. The van der Waals surface area contributed by atoms with Crippen molar-refractivity contribution in [1.82, 2.24) is 9.97 Å². The van der Waals surface area contributed by atoms with Crippen LogP contribution in [-0.2, 0) is 0 Å². The third kappa shape index (κ3) is 3.45. The Kier molecular flexibility index (Phi) is 4.47. The normalized spacial score (nSPS) is 10.8. The van der Waals surface area contributed by atoms with Crippen molar-refractivity contribution in [2.45, 2.75) is 6.61 Å². The van der Waals surface area contributed by atoms with Crippen molar-refractivity contribution in [1.29, 1.82) is 0 Å². The van der Waals surface area contributed by atoms with E-state index in [2.05, 4.69) is 14.7 Å². The number of ether oxygens (including phenoxy) is 2. The van der Waals surface area contributed by atoms with Gasteiger partial charge in [0.1, 0.15) is 5.01 Å². The molecule has 3 rings (SSSR count). The van der Waals surface area contributed by atoms with Gasteiger partial charge < -0.3 is 9.47 Å². The van der Waals surface area contributed by atoms with Crippen molar-refractivity contribution < 1.29 is 18.3 Å². The van der Waals surface area contributed by atoms with Gasteiger partial charge in [0.05, 0.1) is 18.5 Å². The van der Waals surface area contributed by atoms with Crippen LogP contribution in [0.2, 0.25) is 0 Å². The van der Waals surface area contributed by atoms with Gasteiger partial charge in [-0.05, 0) is 30.3 Å². The molecule has 118 valence electrons. The van der Waals surface area contributed by atoms with Crippen LogP contribution in [0.3, 0.4) is 0 Å². The fourth-order valence-electron chi connectivity index (χ4n) is 2.03. The summed E-state index contributed by atoms with van der Waals surface area (Å²) in [5.41, 5.74) is 2.26. The molecule has 0 bridgehead atoms. The summed E-state index contributed by atoms with van der Waals surface area (Å²) in [6.45, 7) is -2.90. The number of alkyl halides is 2. The molecule has 0 aliphatic rings. The van der Waals surface area contributed by atoms with E-state index in [9.17, 15) is 8.78 Å². The lowest BCUT2D eigenvalue weighted by Crippen LogP contribution is -2.03. The van der Waals surface area contributed by atoms with E-state index in [0.717, 1.165) is 22.0 Å². The highest BCUT2D eigenvalue weighted by atomic mass is 32.1. The minimum Gasteiger partial charge on any atom is -0.493 e. The van der Waals surface area contributed by atoms with Crippen LogP contribution in [0, 0.1) is 0 Å². The van der Waals surface area contributed by atoms with Gasteiger partial charge in [-0.1, -0.05) is 6.07 Å². The highest BCUT2D eigenvalue weighted by molar-refractivity contribution is 7.13. The second-order valence-corrected chi connectivity index (χ2v) is 5.36. The Morgan fingerprint density at radius 1 is 1.09 bits per heavy atom. The molecule has 0 saturated carbocycles. The fraction of sp³-hybridized carbons (Fsp3) is 0.125. The van der Waals surface area contributed by atoms with E-state index in [1.807, 2.05) is 23.6 Å². The number of hydrogen-bond donors (Lipinski definition) is 0. The van der Waals surface area contributed by atoms with Crippen LogP contribution in [0.15, 0.2) is 48.0 Å². The number of benzene rings is 1. The Bertz CT molecular complexity index is 794. The second kappa shape index (κ2) is 6.70. The quantitative estimate of drug-likeness (QED) is 0.690. The van der Waals surface area contributed by atoms with Crippen molar-refractivity contribution in [3.05, 3.63) is 48.0 Å². The van der Waals surface area contributed by atoms with Gasteiger partial charge in [0.15, 0.2) is 11.5 Å². The zero-order chi connectivity index (χ0) is 16.2. The maximum Gasteiger partial charge on any atom is 0.387 e. The first kappa shape index (κ1) is 15.4. The summed E-state index contributed by atoms with van der Waals surface area (Å²) in [5.74, 6) is 0.224. The molecule has 0 aliphatic carbocycles. The second-order valence-electron chi connectivity index (χ2n) is 4.50. The number of halogens is 2. The molecule has 0 amide bonds. The first-order valence-electron chi connectivity index (χ1n) is 6.67. The molecule has 23 heavy (non-hydrogen) atoms. The van der Waals surface area contributed by atoms with E-state index in [1.54, 1.807) is 18.3 Å². The standard InChI is InChI=1S/C16H12F2N2O2S/c1-21-14-8-10(5-6-13(14)22-16(17)18)12-9-23-15(20-12)11-4-2-3-7-19-11/h2-9,16H,1H3. The van der Waals surface area contributed by atoms with Gasteiger partial charge in [-0.3, -0.25) is 4.98 Å². The predicted molar refractivity (Wildman–Crippen MR) is 84.0 cm³/mol. The molecule has 3 aromatic rings. The largest absolute Gasteiger partial charge is 0.493 e. The number of thiazole rings is 1. The Hall–Kier alpha value is -2.54. The van der Waals surface area contributed by atoms with Crippen molar-refractivity contribution in [3.63, 3.8) is 0 Å². The molecule has 0 unspecified atom stereocenters. The molecule has 0 saturated heterocycles.